The normalized spacial score (nSPS) is 12.2. The molecule has 0 aliphatic heterocycles. The molecule has 3 aromatic rings. The van der Waals surface area contributed by atoms with Crippen molar-refractivity contribution in [2.24, 2.45) is 0 Å². The Morgan fingerprint density at radius 1 is 1.21 bits per heavy atom. The first-order chi connectivity index (χ1) is 8.95. The SMILES string of the molecule is FC(F)(F)c1cc(=S)n(-c2nc3ccccc3[nH]2)[nH]1. The number of hydrogen-bond donors (Lipinski definition) is 2. The molecule has 0 saturated heterocycles. The lowest BCUT2D eigenvalue weighted by atomic mass is 10.3. The van der Waals surface area contributed by atoms with Crippen molar-refractivity contribution < 1.29 is 13.2 Å². The third-order valence-corrected chi connectivity index (χ3v) is 2.91. The fourth-order valence-electron chi connectivity index (χ4n) is 1.74. The molecule has 3 rings (SSSR count). The molecule has 0 atom stereocenters. The summed E-state index contributed by atoms with van der Waals surface area (Å²) in [5.74, 6) is 0.224. The van der Waals surface area contributed by atoms with Crippen LogP contribution in [0.2, 0.25) is 0 Å². The summed E-state index contributed by atoms with van der Waals surface area (Å²) in [4.78, 5) is 7.09. The molecule has 2 N–H and O–H groups in total. The summed E-state index contributed by atoms with van der Waals surface area (Å²) in [7, 11) is 0. The van der Waals surface area contributed by atoms with Crippen molar-refractivity contribution in [3.63, 3.8) is 0 Å². The van der Waals surface area contributed by atoms with Crippen molar-refractivity contribution in [3.05, 3.63) is 40.7 Å². The van der Waals surface area contributed by atoms with E-state index in [2.05, 4.69) is 15.1 Å². The summed E-state index contributed by atoms with van der Waals surface area (Å²) in [6.45, 7) is 0. The van der Waals surface area contributed by atoms with Crippen LogP contribution in [0.1, 0.15) is 5.69 Å². The molecule has 0 aliphatic rings. The van der Waals surface area contributed by atoms with Crippen molar-refractivity contribution in [2.45, 2.75) is 6.18 Å². The number of alkyl halides is 3. The molecule has 2 heterocycles. The quantitative estimate of drug-likeness (QED) is 0.673. The number of aromatic amines is 2. The Morgan fingerprint density at radius 3 is 2.58 bits per heavy atom. The average molecular weight is 284 g/mol. The highest BCUT2D eigenvalue weighted by Gasteiger charge is 2.33. The fourth-order valence-corrected chi connectivity index (χ4v) is 1.99. The van der Waals surface area contributed by atoms with Crippen molar-refractivity contribution in [2.75, 3.05) is 0 Å². The molecule has 0 amide bonds. The number of H-pyrrole nitrogens is 2. The van der Waals surface area contributed by atoms with E-state index in [1.54, 1.807) is 24.3 Å². The lowest BCUT2D eigenvalue weighted by Crippen LogP contribution is -2.07. The van der Waals surface area contributed by atoms with Crippen LogP contribution in [0, 0.1) is 4.64 Å². The van der Waals surface area contributed by atoms with E-state index >= 15 is 0 Å². The van der Waals surface area contributed by atoms with Crippen LogP contribution in [-0.2, 0) is 6.18 Å². The van der Waals surface area contributed by atoms with Crippen molar-refractivity contribution in [3.8, 4) is 5.95 Å². The van der Waals surface area contributed by atoms with E-state index in [0.717, 1.165) is 16.3 Å². The van der Waals surface area contributed by atoms with Gasteiger partial charge in [-0.2, -0.15) is 13.2 Å². The van der Waals surface area contributed by atoms with E-state index in [4.69, 9.17) is 12.2 Å². The number of fused-ring (bicyclic) bond motifs is 1. The van der Waals surface area contributed by atoms with Crippen molar-refractivity contribution >= 4 is 23.3 Å². The van der Waals surface area contributed by atoms with Gasteiger partial charge in [-0.15, -0.1) is 0 Å². The van der Waals surface area contributed by atoms with Gasteiger partial charge in [-0.25, -0.2) is 9.67 Å². The van der Waals surface area contributed by atoms with E-state index in [1.165, 1.54) is 0 Å². The number of imidazole rings is 1. The number of nitrogens with one attached hydrogen (secondary N) is 2. The van der Waals surface area contributed by atoms with Crippen molar-refractivity contribution in [1.29, 1.82) is 0 Å². The molecule has 0 radical (unpaired) electrons. The monoisotopic (exact) mass is 284 g/mol. The second-order valence-corrected chi connectivity index (χ2v) is 4.34. The minimum Gasteiger partial charge on any atom is -0.322 e. The zero-order valence-corrected chi connectivity index (χ0v) is 10.1. The van der Waals surface area contributed by atoms with Gasteiger partial charge in [0.15, 0.2) is 0 Å². The molecule has 4 nitrogen and oxygen atoms in total. The van der Waals surface area contributed by atoms with Crippen LogP contribution >= 0.6 is 12.2 Å². The molecule has 98 valence electrons. The third kappa shape index (κ3) is 2.03. The van der Waals surface area contributed by atoms with Crippen LogP contribution < -0.4 is 0 Å². The average Bonchev–Trinajstić information content (AvgIpc) is 2.90. The zero-order valence-electron chi connectivity index (χ0n) is 9.32. The Labute approximate surface area is 109 Å². The first kappa shape index (κ1) is 12.0. The molecule has 1 aromatic carbocycles. The minimum absolute atomic E-state index is 0.00591. The summed E-state index contributed by atoms with van der Waals surface area (Å²) in [5.41, 5.74) is 0.475. The summed E-state index contributed by atoms with van der Waals surface area (Å²) in [6, 6.07) is 8.00. The molecular formula is C11H7F3N4S. The number of rotatable bonds is 1. The van der Waals surface area contributed by atoms with E-state index in [1.807, 2.05) is 0 Å². The number of aromatic nitrogens is 4. The van der Waals surface area contributed by atoms with Crippen molar-refractivity contribution in [1.82, 2.24) is 19.7 Å². The summed E-state index contributed by atoms with van der Waals surface area (Å²) in [6.07, 6.45) is -4.47. The number of hydrogen-bond acceptors (Lipinski definition) is 2. The van der Waals surface area contributed by atoms with Crippen LogP contribution in [0.25, 0.3) is 17.0 Å². The lowest BCUT2D eigenvalue weighted by molar-refractivity contribution is -0.141. The molecule has 0 spiro atoms. The first-order valence-electron chi connectivity index (χ1n) is 5.29. The van der Waals surface area contributed by atoms with Crippen LogP contribution in [0.5, 0.6) is 0 Å². The maximum Gasteiger partial charge on any atom is 0.432 e. The molecule has 0 fully saturated rings. The topological polar surface area (TPSA) is 49.4 Å². The fraction of sp³-hybridized carbons (Fsp3) is 0.0909. The molecule has 0 saturated carbocycles. The van der Waals surface area contributed by atoms with Gasteiger partial charge in [-0.3, -0.25) is 5.10 Å². The molecule has 2 aromatic heterocycles. The minimum atomic E-state index is -4.47. The zero-order chi connectivity index (χ0) is 13.6. The Balaban J connectivity index is 2.16. The van der Waals surface area contributed by atoms with E-state index < -0.39 is 11.9 Å². The lowest BCUT2D eigenvalue weighted by Gasteiger charge is -2.02. The van der Waals surface area contributed by atoms with Gasteiger partial charge >= 0.3 is 6.18 Å². The predicted octanol–water partition coefficient (Wildman–Crippen LogP) is 3.43. The smallest absolute Gasteiger partial charge is 0.322 e. The maximum atomic E-state index is 12.6. The second kappa shape index (κ2) is 3.95. The highest BCUT2D eigenvalue weighted by molar-refractivity contribution is 7.71. The van der Waals surface area contributed by atoms with Gasteiger partial charge in [0, 0.05) is 6.07 Å². The summed E-state index contributed by atoms with van der Waals surface area (Å²) >= 11 is 4.90. The Bertz CT molecular complexity index is 763. The molecule has 8 heteroatoms. The van der Waals surface area contributed by atoms with E-state index in [-0.39, 0.29) is 10.6 Å². The molecule has 0 bridgehead atoms. The largest absolute Gasteiger partial charge is 0.432 e. The van der Waals surface area contributed by atoms with Gasteiger partial charge in [0.05, 0.1) is 11.0 Å². The predicted molar refractivity (Wildman–Crippen MR) is 65.6 cm³/mol. The number of benzene rings is 1. The van der Waals surface area contributed by atoms with E-state index in [0.29, 0.717) is 5.52 Å². The third-order valence-electron chi connectivity index (χ3n) is 2.61. The van der Waals surface area contributed by atoms with Gasteiger partial charge in [-0.05, 0) is 12.1 Å². The summed E-state index contributed by atoms with van der Waals surface area (Å²) in [5, 5.41) is 2.19. The van der Waals surface area contributed by atoms with Gasteiger partial charge in [0.1, 0.15) is 10.3 Å². The van der Waals surface area contributed by atoms with Gasteiger partial charge in [0.25, 0.3) is 0 Å². The second-order valence-electron chi connectivity index (χ2n) is 3.92. The van der Waals surface area contributed by atoms with Gasteiger partial charge in [0.2, 0.25) is 5.95 Å². The van der Waals surface area contributed by atoms with Crippen LogP contribution in [-0.4, -0.2) is 19.7 Å². The summed E-state index contributed by atoms with van der Waals surface area (Å²) < 4.78 is 38.8. The maximum absolute atomic E-state index is 12.6. The number of halogens is 3. The van der Waals surface area contributed by atoms with Gasteiger partial charge in [-0.1, -0.05) is 24.4 Å². The molecule has 0 aliphatic carbocycles. The standard InChI is InChI=1S/C11H7F3N4S/c12-11(13,14)8-5-9(19)18(17-8)10-15-6-3-1-2-4-7(6)16-10/h1-5,17H,(H,15,16). The molecule has 19 heavy (non-hydrogen) atoms. The van der Waals surface area contributed by atoms with Gasteiger partial charge < -0.3 is 4.98 Å². The van der Waals surface area contributed by atoms with Crippen LogP contribution in [0.4, 0.5) is 13.2 Å². The highest BCUT2D eigenvalue weighted by Crippen LogP contribution is 2.28. The Hall–Kier alpha value is -2.09. The van der Waals surface area contributed by atoms with E-state index in [9.17, 15) is 13.2 Å². The number of para-hydroxylation sites is 2. The Kier molecular flexibility index (Phi) is 2.49. The van der Waals surface area contributed by atoms with Crippen LogP contribution in [0.3, 0.4) is 0 Å². The molecule has 0 unspecified atom stereocenters. The highest BCUT2D eigenvalue weighted by atomic mass is 32.1. The first-order valence-corrected chi connectivity index (χ1v) is 5.70. The number of nitrogens with zero attached hydrogens (tertiary/aromatic N) is 2. The molecular weight excluding hydrogens is 277 g/mol. The van der Waals surface area contributed by atoms with Crippen LogP contribution in [0.15, 0.2) is 30.3 Å². The Morgan fingerprint density at radius 2 is 1.95 bits per heavy atom.